The van der Waals surface area contributed by atoms with Gasteiger partial charge < -0.3 is 9.80 Å². The van der Waals surface area contributed by atoms with Crippen LogP contribution in [0.3, 0.4) is 0 Å². The van der Waals surface area contributed by atoms with Crippen LogP contribution in [0, 0.1) is 11.3 Å². The van der Waals surface area contributed by atoms with Crippen molar-refractivity contribution in [3.63, 3.8) is 0 Å². The second-order valence-corrected chi connectivity index (χ2v) is 9.40. The molecule has 8 heteroatoms. The number of piperazine rings is 1. The molecule has 2 aliphatic heterocycles. The molecular weight excluding hydrogens is 424 g/mol. The highest BCUT2D eigenvalue weighted by Crippen LogP contribution is 2.31. The number of hydrogen-bond donors (Lipinski definition) is 0. The normalized spacial score (nSPS) is 18.5. The van der Waals surface area contributed by atoms with E-state index in [0.29, 0.717) is 11.6 Å². The molecule has 0 unspecified atom stereocenters. The first kappa shape index (κ1) is 21.0. The first-order chi connectivity index (χ1) is 16.7. The van der Waals surface area contributed by atoms with E-state index in [9.17, 15) is 5.26 Å². The summed E-state index contributed by atoms with van der Waals surface area (Å²) in [6.45, 7) is 6.81. The maximum atomic E-state index is 9.34. The molecule has 2 fully saturated rings. The van der Waals surface area contributed by atoms with Gasteiger partial charge in [0.25, 0.3) is 0 Å². The van der Waals surface area contributed by atoms with E-state index >= 15 is 0 Å². The predicted octanol–water partition coefficient (Wildman–Crippen LogP) is 3.03. The molecule has 34 heavy (non-hydrogen) atoms. The minimum atomic E-state index is 0.619. The fourth-order valence-corrected chi connectivity index (χ4v) is 5.35. The molecule has 1 aromatic carbocycles. The van der Waals surface area contributed by atoms with Gasteiger partial charge in [0.15, 0.2) is 5.65 Å². The number of anilines is 1. The highest BCUT2D eigenvalue weighted by Gasteiger charge is 2.27. The van der Waals surface area contributed by atoms with Crippen molar-refractivity contribution in [2.45, 2.75) is 18.9 Å². The first-order valence-electron chi connectivity index (χ1n) is 12.0. The Morgan fingerprint density at radius 3 is 2.56 bits per heavy atom. The highest BCUT2D eigenvalue weighted by molar-refractivity contribution is 5.98. The largest absolute Gasteiger partial charge is 0.369 e. The van der Waals surface area contributed by atoms with Crippen molar-refractivity contribution in [3.8, 4) is 17.2 Å². The molecule has 6 rings (SSSR count). The molecule has 5 heterocycles. The van der Waals surface area contributed by atoms with Gasteiger partial charge in [-0.2, -0.15) is 10.4 Å². The molecular formula is C26H28N8. The molecule has 0 radical (unpaired) electrons. The molecule has 3 aromatic heterocycles. The summed E-state index contributed by atoms with van der Waals surface area (Å²) in [5, 5.41) is 14.9. The Morgan fingerprint density at radius 2 is 1.76 bits per heavy atom. The molecule has 0 aliphatic carbocycles. The van der Waals surface area contributed by atoms with Gasteiger partial charge in [0.05, 0.1) is 41.4 Å². The average Bonchev–Trinajstić information content (AvgIpc) is 3.31. The van der Waals surface area contributed by atoms with Crippen LogP contribution in [0.15, 0.2) is 49.1 Å². The van der Waals surface area contributed by atoms with Gasteiger partial charge in [0.1, 0.15) is 0 Å². The number of hydrogen-bond acceptors (Lipinski definition) is 7. The quantitative estimate of drug-likeness (QED) is 0.473. The van der Waals surface area contributed by atoms with Gasteiger partial charge >= 0.3 is 0 Å². The van der Waals surface area contributed by atoms with Crippen LogP contribution in [0.4, 0.5) is 5.69 Å². The van der Waals surface area contributed by atoms with Gasteiger partial charge in [-0.15, -0.1) is 0 Å². The van der Waals surface area contributed by atoms with E-state index in [2.05, 4.69) is 44.1 Å². The lowest BCUT2D eigenvalue weighted by molar-refractivity contribution is 0.0982. The second kappa shape index (κ2) is 8.67. The van der Waals surface area contributed by atoms with Crippen molar-refractivity contribution < 1.29 is 0 Å². The fourth-order valence-electron chi connectivity index (χ4n) is 5.35. The minimum Gasteiger partial charge on any atom is -0.369 e. The Morgan fingerprint density at radius 1 is 0.941 bits per heavy atom. The summed E-state index contributed by atoms with van der Waals surface area (Å²) in [6.07, 6.45) is 10.1. The lowest BCUT2D eigenvalue weighted by Gasteiger charge is -2.42. The standard InChI is InChI=1S/C26H28N8/c1-31-10-12-33(13-11-31)20-5-8-32(9-6-20)21-16-29-26-24(17-30-34(26)18-21)22-4-7-28-25-3-2-19(15-27)14-23(22)25/h2-4,7,14,16-18,20H,5-6,8-13H2,1H3. The van der Waals surface area contributed by atoms with Crippen LogP contribution in [-0.2, 0) is 0 Å². The predicted molar refractivity (Wildman–Crippen MR) is 133 cm³/mol. The monoisotopic (exact) mass is 452 g/mol. The molecule has 2 aliphatic rings. The third-order valence-electron chi connectivity index (χ3n) is 7.39. The minimum absolute atomic E-state index is 0.619. The van der Waals surface area contributed by atoms with Crippen molar-refractivity contribution >= 4 is 22.2 Å². The zero-order valence-electron chi connectivity index (χ0n) is 19.4. The van der Waals surface area contributed by atoms with E-state index < -0.39 is 0 Å². The first-order valence-corrected chi connectivity index (χ1v) is 12.0. The van der Waals surface area contributed by atoms with Crippen LogP contribution >= 0.6 is 0 Å². The van der Waals surface area contributed by atoms with E-state index in [4.69, 9.17) is 4.98 Å². The molecule has 0 amide bonds. The van der Waals surface area contributed by atoms with Gasteiger partial charge in [-0.1, -0.05) is 0 Å². The van der Waals surface area contributed by atoms with E-state index in [0.717, 1.165) is 46.5 Å². The van der Waals surface area contributed by atoms with Gasteiger partial charge in [-0.3, -0.25) is 9.88 Å². The van der Waals surface area contributed by atoms with Gasteiger partial charge in [0, 0.05) is 62.5 Å². The van der Waals surface area contributed by atoms with E-state index in [-0.39, 0.29) is 0 Å². The maximum absolute atomic E-state index is 9.34. The van der Waals surface area contributed by atoms with Crippen molar-refractivity contribution in [1.82, 2.24) is 29.4 Å². The van der Waals surface area contributed by atoms with E-state index in [1.165, 1.54) is 39.0 Å². The zero-order chi connectivity index (χ0) is 23.1. The van der Waals surface area contributed by atoms with Crippen LogP contribution in [-0.4, -0.2) is 81.7 Å². The molecule has 0 N–H and O–H groups in total. The Balaban J connectivity index is 1.24. The molecule has 0 spiro atoms. The summed E-state index contributed by atoms with van der Waals surface area (Å²) in [6, 6.07) is 10.5. The Bertz CT molecular complexity index is 1370. The number of benzene rings is 1. The number of piperidine rings is 1. The fraction of sp³-hybridized carbons (Fsp3) is 0.385. The number of nitriles is 1. The van der Waals surface area contributed by atoms with E-state index in [1.807, 2.05) is 35.1 Å². The van der Waals surface area contributed by atoms with E-state index in [1.54, 1.807) is 12.3 Å². The third kappa shape index (κ3) is 3.77. The molecule has 2 saturated heterocycles. The summed E-state index contributed by atoms with van der Waals surface area (Å²) in [5.74, 6) is 0. The van der Waals surface area contributed by atoms with Crippen LogP contribution < -0.4 is 4.90 Å². The van der Waals surface area contributed by atoms with Gasteiger partial charge in [-0.25, -0.2) is 9.50 Å². The highest BCUT2D eigenvalue weighted by atomic mass is 15.3. The number of fused-ring (bicyclic) bond motifs is 2. The van der Waals surface area contributed by atoms with Crippen molar-refractivity contribution in [1.29, 1.82) is 5.26 Å². The Kier molecular flexibility index (Phi) is 5.36. The molecule has 4 aromatic rings. The van der Waals surface area contributed by atoms with Gasteiger partial charge in [-0.05, 0) is 49.7 Å². The Labute approximate surface area is 199 Å². The van der Waals surface area contributed by atoms with Crippen molar-refractivity contribution in [2.75, 3.05) is 51.2 Å². The van der Waals surface area contributed by atoms with Crippen LogP contribution in [0.5, 0.6) is 0 Å². The summed E-state index contributed by atoms with van der Waals surface area (Å²) in [5.41, 5.74) is 5.34. The van der Waals surface area contributed by atoms with Crippen molar-refractivity contribution in [3.05, 3.63) is 54.6 Å². The number of aromatic nitrogens is 4. The molecule has 8 nitrogen and oxygen atoms in total. The summed E-state index contributed by atoms with van der Waals surface area (Å²) >= 11 is 0. The summed E-state index contributed by atoms with van der Waals surface area (Å²) < 4.78 is 1.87. The molecule has 0 bridgehead atoms. The van der Waals surface area contributed by atoms with Crippen LogP contribution in [0.25, 0.3) is 27.7 Å². The average molecular weight is 453 g/mol. The second-order valence-electron chi connectivity index (χ2n) is 9.40. The SMILES string of the molecule is CN1CCN(C2CCN(c3cnc4c(-c5ccnc6ccc(C#N)cc56)cnn4c3)CC2)CC1. The number of nitrogens with zero attached hydrogens (tertiary/aromatic N) is 8. The Hall–Kier alpha value is -3.54. The molecule has 172 valence electrons. The summed E-state index contributed by atoms with van der Waals surface area (Å²) in [4.78, 5) is 16.8. The lowest BCUT2D eigenvalue weighted by Crippen LogP contribution is -2.52. The molecule has 0 saturated carbocycles. The number of likely N-dealkylation sites (N-methyl/N-ethyl adjacent to an activating group) is 1. The third-order valence-corrected chi connectivity index (χ3v) is 7.39. The lowest BCUT2D eigenvalue weighted by atomic mass is 10.0. The van der Waals surface area contributed by atoms with Crippen LogP contribution in [0.2, 0.25) is 0 Å². The zero-order valence-corrected chi connectivity index (χ0v) is 19.4. The molecule has 0 atom stereocenters. The number of rotatable bonds is 3. The topological polar surface area (TPSA) is 76.6 Å². The smallest absolute Gasteiger partial charge is 0.162 e. The van der Waals surface area contributed by atoms with Gasteiger partial charge in [0.2, 0.25) is 0 Å². The number of pyridine rings is 1. The maximum Gasteiger partial charge on any atom is 0.162 e. The van der Waals surface area contributed by atoms with Crippen LogP contribution in [0.1, 0.15) is 18.4 Å². The van der Waals surface area contributed by atoms with Crippen molar-refractivity contribution in [2.24, 2.45) is 0 Å². The summed E-state index contributed by atoms with van der Waals surface area (Å²) in [7, 11) is 2.21.